The summed E-state index contributed by atoms with van der Waals surface area (Å²) in [6, 6.07) is 9.98. The molecule has 2 heterocycles. The summed E-state index contributed by atoms with van der Waals surface area (Å²) in [5.74, 6) is 0. The van der Waals surface area contributed by atoms with Crippen LogP contribution in [-0.4, -0.2) is 69.9 Å². The van der Waals surface area contributed by atoms with Crippen LogP contribution in [0.2, 0.25) is 0 Å². The van der Waals surface area contributed by atoms with Gasteiger partial charge in [-0.2, -0.15) is 0 Å². The van der Waals surface area contributed by atoms with Crippen LogP contribution in [0.3, 0.4) is 0 Å². The average Bonchev–Trinajstić information content (AvgIpc) is 3.27. The molecule has 0 aliphatic carbocycles. The molecular weight excluding hydrogens is 625 g/mol. The first kappa shape index (κ1) is 25.7. The van der Waals surface area contributed by atoms with Gasteiger partial charge in [0.1, 0.15) is 0 Å². The third kappa shape index (κ3) is 4.25. The first-order valence-corrected chi connectivity index (χ1v) is 17.3. The van der Waals surface area contributed by atoms with Gasteiger partial charge in [0.15, 0.2) is 0 Å². The molecule has 2 aliphatic heterocycles. The third-order valence-electron chi connectivity index (χ3n) is 5.54. The van der Waals surface area contributed by atoms with Crippen LogP contribution in [0.25, 0.3) is 10.8 Å². The normalized spacial score (nSPS) is 21.8. The zero-order valence-electron chi connectivity index (χ0n) is 16.9. The van der Waals surface area contributed by atoms with Crippen LogP contribution >= 0.6 is 0 Å². The second kappa shape index (κ2) is 8.36. The van der Waals surface area contributed by atoms with Gasteiger partial charge in [0, 0.05) is 0 Å². The van der Waals surface area contributed by atoms with Gasteiger partial charge in [0.05, 0.1) is 0 Å². The van der Waals surface area contributed by atoms with Crippen molar-refractivity contribution in [3.63, 3.8) is 0 Å². The summed E-state index contributed by atoms with van der Waals surface area (Å²) >= 11 is -6.76. The molecule has 0 amide bonds. The van der Waals surface area contributed by atoms with Crippen LogP contribution in [0.1, 0.15) is 12.8 Å². The minimum atomic E-state index is -6.76. The van der Waals surface area contributed by atoms with Crippen molar-refractivity contribution in [2.24, 2.45) is 0 Å². The van der Waals surface area contributed by atoms with Gasteiger partial charge in [0.2, 0.25) is 0 Å². The SMILES string of the molecule is O=S(=O)([O][Sn]1([O]S(=O)(=O)C(F)(F)F)[N](c2cccc3ccccc23)C[C@@H]2CCC[N]21)C(F)(F)F. The van der Waals surface area contributed by atoms with Crippen molar-refractivity contribution in [3.05, 3.63) is 42.5 Å². The molecule has 2 saturated heterocycles. The van der Waals surface area contributed by atoms with Crippen LogP contribution < -0.4 is 3.12 Å². The number of anilines is 1. The van der Waals surface area contributed by atoms with Crippen LogP contribution in [0.15, 0.2) is 42.5 Å². The van der Waals surface area contributed by atoms with Crippen LogP contribution in [0, 0.1) is 0 Å². The fourth-order valence-corrected chi connectivity index (χ4v) is 22.5. The van der Waals surface area contributed by atoms with Crippen LogP contribution in [0.4, 0.5) is 32.0 Å². The van der Waals surface area contributed by atoms with Crippen molar-refractivity contribution < 1.29 is 48.2 Å². The standard InChI is InChI=1S/C15H16N2.2CHF3O3S.Sn/c1-2-8-14-12(5-1)6-3-9-15(14)17-11-13-7-4-10-16-13;2*2-1(3,4)8(5,6)7;/h1-3,5-6,8-9,13H,4,7,10-11H2;2*(H,5,6,7);/q-2;;;+4/p-2/t13-;;;/m0.../s1. The molecule has 0 saturated carbocycles. The molecule has 8 nitrogen and oxygen atoms in total. The summed E-state index contributed by atoms with van der Waals surface area (Å²) in [7, 11) is -13.1. The first-order valence-electron chi connectivity index (χ1n) is 9.65. The molecule has 2 aromatic rings. The summed E-state index contributed by atoms with van der Waals surface area (Å²) in [5.41, 5.74) is -12.0. The van der Waals surface area contributed by atoms with E-state index in [4.69, 9.17) is 0 Å². The van der Waals surface area contributed by atoms with Crippen molar-refractivity contribution in [1.29, 1.82) is 0 Å². The molecule has 0 radical (unpaired) electrons. The number of hydrogen-bond donors (Lipinski definition) is 0. The van der Waals surface area contributed by atoms with Crippen molar-refractivity contribution in [3.8, 4) is 0 Å². The molecule has 17 heteroatoms. The van der Waals surface area contributed by atoms with Gasteiger partial charge in [-0.3, -0.25) is 0 Å². The molecule has 2 aromatic carbocycles. The average molecular weight is 641 g/mol. The van der Waals surface area contributed by atoms with Crippen molar-refractivity contribution in [1.82, 2.24) is 3.12 Å². The third-order valence-corrected chi connectivity index (χ3v) is 21.9. The molecule has 0 unspecified atom stereocenters. The zero-order chi connectivity index (χ0) is 25.2. The zero-order valence-corrected chi connectivity index (χ0v) is 21.4. The van der Waals surface area contributed by atoms with Gasteiger partial charge < -0.3 is 0 Å². The number of nitrogens with zero attached hydrogens (tertiary/aromatic N) is 2. The van der Waals surface area contributed by atoms with Crippen LogP contribution in [-0.2, 0) is 25.3 Å². The number of hydrogen-bond acceptors (Lipinski definition) is 8. The number of benzene rings is 2. The van der Waals surface area contributed by atoms with E-state index in [1.54, 1.807) is 24.3 Å². The second-order valence-electron chi connectivity index (χ2n) is 7.61. The van der Waals surface area contributed by atoms with Gasteiger partial charge >= 0.3 is 196 Å². The van der Waals surface area contributed by atoms with Gasteiger partial charge in [-0.25, -0.2) is 0 Å². The van der Waals surface area contributed by atoms with E-state index in [0.29, 0.717) is 10.8 Å². The first-order chi connectivity index (χ1) is 15.6. The molecule has 0 aromatic heterocycles. The molecule has 1 atom stereocenters. The fourth-order valence-electron chi connectivity index (χ4n) is 4.15. The predicted octanol–water partition coefficient (Wildman–Crippen LogP) is 3.29. The predicted molar refractivity (Wildman–Crippen MR) is 109 cm³/mol. The Kier molecular flexibility index (Phi) is 6.33. The number of halogens is 6. The van der Waals surface area contributed by atoms with Gasteiger partial charge in [0.25, 0.3) is 0 Å². The summed E-state index contributed by atoms with van der Waals surface area (Å²) < 4.78 is 139. The van der Waals surface area contributed by atoms with E-state index in [-0.39, 0.29) is 31.6 Å². The summed E-state index contributed by atoms with van der Waals surface area (Å²) in [4.78, 5) is 0. The van der Waals surface area contributed by atoms with E-state index >= 15 is 0 Å². The molecule has 2 aliphatic rings. The van der Waals surface area contributed by atoms with Crippen molar-refractivity contribution in [2.45, 2.75) is 29.9 Å². The molecule has 2 fully saturated rings. The topological polar surface area (TPSA) is 93.2 Å². The van der Waals surface area contributed by atoms with Crippen molar-refractivity contribution in [2.75, 3.05) is 16.2 Å². The second-order valence-corrected chi connectivity index (χ2v) is 19.9. The monoisotopic (exact) mass is 642 g/mol. The molecule has 0 spiro atoms. The van der Waals surface area contributed by atoms with Gasteiger partial charge in [-0.05, 0) is 0 Å². The molecule has 0 bridgehead atoms. The van der Waals surface area contributed by atoms with E-state index in [9.17, 15) is 43.2 Å². The van der Waals surface area contributed by atoms with Crippen molar-refractivity contribution >= 4 is 56.4 Å². The minimum absolute atomic E-state index is 0.0121. The fraction of sp³-hybridized carbons (Fsp3) is 0.412. The Balaban J connectivity index is 1.98. The van der Waals surface area contributed by atoms with E-state index in [1.807, 2.05) is 0 Å². The summed E-state index contributed by atoms with van der Waals surface area (Å²) in [6.07, 6.45) is 0.544. The maximum absolute atomic E-state index is 13.3. The molecular formula is C17H16F6N2O6S2Sn. The van der Waals surface area contributed by atoms with E-state index in [2.05, 4.69) is 5.04 Å². The number of alkyl halides is 6. The number of fused-ring (bicyclic) bond motifs is 2. The molecule has 34 heavy (non-hydrogen) atoms. The Morgan fingerprint density at radius 1 is 0.853 bits per heavy atom. The quantitative estimate of drug-likeness (QED) is 0.279. The number of rotatable bonds is 5. The Hall–Kier alpha value is -1.34. The molecule has 0 N–H and O–H groups in total. The molecule has 4 rings (SSSR count). The Morgan fingerprint density at radius 2 is 1.41 bits per heavy atom. The van der Waals surface area contributed by atoms with E-state index in [0.717, 1.165) is 6.24 Å². The van der Waals surface area contributed by atoms with E-state index in [1.165, 1.54) is 18.2 Å². The Bertz CT molecular complexity index is 1270. The Labute approximate surface area is 195 Å². The van der Waals surface area contributed by atoms with Gasteiger partial charge in [-0.15, -0.1) is 0 Å². The molecule has 188 valence electrons. The van der Waals surface area contributed by atoms with Crippen LogP contribution in [0.5, 0.6) is 0 Å². The summed E-state index contributed by atoms with van der Waals surface area (Å²) in [6.45, 7) is -0.465. The van der Waals surface area contributed by atoms with E-state index < -0.39 is 57.0 Å². The Morgan fingerprint density at radius 3 is 2.00 bits per heavy atom. The summed E-state index contributed by atoms with van der Waals surface area (Å²) in [5, 5.41) is 0.873. The maximum atomic E-state index is 13.3. The van der Waals surface area contributed by atoms with Gasteiger partial charge in [-0.1, -0.05) is 0 Å².